The molecule has 0 fully saturated rings. The van der Waals surface area contributed by atoms with E-state index in [1.807, 2.05) is 30.3 Å². The van der Waals surface area contributed by atoms with Crippen molar-refractivity contribution >= 4 is 45.8 Å². The molecule has 4 heteroatoms. The predicted octanol–water partition coefficient (Wildman–Crippen LogP) is 5.32. The van der Waals surface area contributed by atoms with Crippen LogP contribution >= 0.6 is 34.2 Å². The van der Waals surface area contributed by atoms with Gasteiger partial charge in [-0.3, -0.25) is 4.79 Å². The van der Waals surface area contributed by atoms with Crippen molar-refractivity contribution in [2.75, 3.05) is 5.32 Å². The first kappa shape index (κ1) is 15.3. The lowest BCUT2D eigenvalue weighted by atomic mass is 10.0. The van der Waals surface area contributed by atoms with Crippen LogP contribution in [-0.4, -0.2) is 5.91 Å². The Morgan fingerprint density at radius 3 is 2.55 bits per heavy atom. The SMILES string of the molecule is CC(C)c1ccccc1NC(=O)c1ccc(I)c(Cl)c1. The number of halogens is 2. The van der Waals surface area contributed by atoms with Crippen LogP contribution in [0.15, 0.2) is 42.5 Å². The van der Waals surface area contributed by atoms with Crippen molar-refractivity contribution in [1.82, 2.24) is 0 Å². The summed E-state index contributed by atoms with van der Waals surface area (Å²) in [5, 5.41) is 3.55. The normalized spacial score (nSPS) is 10.7. The highest BCUT2D eigenvalue weighted by atomic mass is 127. The van der Waals surface area contributed by atoms with E-state index in [0.29, 0.717) is 16.5 Å². The fraction of sp³-hybridized carbons (Fsp3) is 0.188. The molecule has 0 unspecified atom stereocenters. The summed E-state index contributed by atoms with van der Waals surface area (Å²) >= 11 is 8.19. The summed E-state index contributed by atoms with van der Waals surface area (Å²) in [5.74, 6) is 0.211. The second-order valence-electron chi connectivity index (χ2n) is 4.82. The zero-order chi connectivity index (χ0) is 14.7. The quantitative estimate of drug-likeness (QED) is 0.695. The number of rotatable bonds is 3. The molecular weight excluding hydrogens is 385 g/mol. The lowest BCUT2D eigenvalue weighted by molar-refractivity contribution is 0.102. The Morgan fingerprint density at radius 2 is 1.90 bits per heavy atom. The molecule has 0 aromatic heterocycles. The number of carbonyl (C=O) groups excluding carboxylic acids is 1. The summed E-state index contributed by atoms with van der Waals surface area (Å²) < 4.78 is 0.934. The first-order chi connectivity index (χ1) is 9.49. The van der Waals surface area contributed by atoms with Crippen LogP contribution in [-0.2, 0) is 0 Å². The number of anilines is 1. The molecule has 0 bridgehead atoms. The maximum Gasteiger partial charge on any atom is 0.255 e. The van der Waals surface area contributed by atoms with Gasteiger partial charge in [-0.2, -0.15) is 0 Å². The van der Waals surface area contributed by atoms with E-state index in [0.717, 1.165) is 14.8 Å². The Morgan fingerprint density at radius 1 is 1.20 bits per heavy atom. The van der Waals surface area contributed by atoms with Crippen molar-refractivity contribution in [3.05, 3.63) is 62.2 Å². The summed E-state index contributed by atoms with van der Waals surface area (Å²) in [5.41, 5.74) is 2.54. The standard InChI is InChI=1S/C16H15ClINO/c1-10(2)12-5-3-4-6-15(12)19-16(20)11-7-8-14(18)13(17)9-11/h3-10H,1-2H3,(H,19,20). The van der Waals surface area contributed by atoms with Crippen LogP contribution in [0.4, 0.5) is 5.69 Å². The van der Waals surface area contributed by atoms with Crippen LogP contribution in [0.3, 0.4) is 0 Å². The Balaban J connectivity index is 2.26. The van der Waals surface area contributed by atoms with E-state index in [1.54, 1.807) is 12.1 Å². The van der Waals surface area contributed by atoms with Crippen LogP contribution in [0.1, 0.15) is 35.7 Å². The molecule has 0 atom stereocenters. The van der Waals surface area contributed by atoms with Crippen LogP contribution in [0.5, 0.6) is 0 Å². The van der Waals surface area contributed by atoms with Crippen molar-refractivity contribution in [2.45, 2.75) is 19.8 Å². The van der Waals surface area contributed by atoms with E-state index >= 15 is 0 Å². The molecule has 0 aliphatic heterocycles. The Labute approximate surface area is 137 Å². The van der Waals surface area contributed by atoms with Gasteiger partial charge in [0.25, 0.3) is 5.91 Å². The number of para-hydroxylation sites is 1. The van der Waals surface area contributed by atoms with Gasteiger partial charge in [-0.25, -0.2) is 0 Å². The fourth-order valence-corrected chi connectivity index (χ4v) is 2.46. The zero-order valence-electron chi connectivity index (χ0n) is 11.3. The summed E-state index contributed by atoms with van der Waals surface area (Å²) in [6.07, 6.45) is 0. The average Bonchev–Trinajstić information content (AvgIpc) is 2.42. The van der Waals surface area contributed by atoms with Crippen molar-refractivity contribution in [3.63, 3.8) is 0 Å². The third kappa shape index (κ3) is 3.52. The smallest absolute Gasteiger partial charge is 0.255 e. The molecule has 0 spiro atoms. The first-order valence-corrected chi connectivity index (χ1v) is 7.80. The number of nitrogens with one attached hydrogen (secondary N) is 1. The third-order valence-corrected chi connectivity index (χ3v) is 4.59. The van der Waals surface area contributed by atoms with Gasteiger partial charge in [0.15, 0.2) is 0 Å². The second-order valence-corrected chi connectivity index (χ2v) is 6.39. The maximum absolute atomic E-state index is 12.3. The van der Waals surface area contributed by atoms with Crippen LogP contribution in [0.2, 0.25) is 5.02 Å². The number of carbonyl (C=O) groups is 1. The molecule has 104 valence electrons. The number of amides is 1. The Kier molecular flexibility index (Phi) is 5.05. The Bertz CT molecular complexity index is 640. The number of hydrogen-bond acceptors (Lipinski definition) is 1. The molecule has 0 saturated carbocycles. The van der Waals surface area contributed by atoms with Crippen LogP contribution in [0, 0.1) is 3.57 Å². The van der Waals surface area contributed by atoms with E-state index < -0.39 is 0 Å². The lowest BCUT2D eigenvalue weighted by Gasteiger charge is -2.13. The molecule has 20 heavy (non-hydrogen) atoms. The van der Waals surface area contributed by atoms with Gasteiger partial charge >= 0.3 is 0 Å². The van der Waals surface area contributed by atoms with E-state index in [-0.39, 0.29) is 5.91 Å². The molecular formula is C16H15ClINO. The minimum atomic E-state index is -0.142. The summed E-state index contributed by atoms with van der Waals surface area (Å²) in [7, 11) is 0. The fourth-order valence-electron chi connectivity index (χ4n) is 1.95. The summed E-state index contributed by atoms with van der Waals surface area (Å²) in [6.45, 7) is 4.21. The third-order valence-electron chi connectivity index (χ3n) is 3.01. The van der Waals surface area contributed by atoms with Crippen LogP contribution < -0.4 is 5.32 Å². The zero-order valence-corrected chi connectivity index (χ0v) is 14.2. The van der Waals surface area contributed by atoms with Crippen molar-refractivity contribution in [1.29, 1.82) is 0 Å². The molecule has 0 heterocycles. The van der Waals surface area contributed by atoms with Crippen LogP contribution in [0.25, 0.3) is 0 Å². The molecule has 2 aromatic rings. The predicted molar refractivity (Wildman–Crippen MR) is 92.7 cm³/mol. The minimum absolute atomic E-state index is 0.142. The summed E-state index contributed by atoms with van der Waals surface area (Å²) in [4.78, 5) is 12.3. The van der Waals surface area contributed by atoms with Gasteiger partial charge < -0.3 is 5.32 Å². The number of hydrogen-bond donors (Lipinski definition) is 1. The molecule has 0 radical (unpaired) electrons. The second kappa shape index (κ2) is 6.59. The molecule has 1 amide bonds. The highest BCUT2D eigenvalue weighted by molar-refractivity contribution is 14.1. The topological polar surface area (TPSA) is 29.1 Å². The van der Waals surface area contributed by atoms with Gasteiger partial charge in [0.1, 0.15) is 0 Å². The molecule has 0 aliphatic carbocycles. The molecule has 2 rings (SSSR count). The molecule has 1 N–H and O–H groups in total. The average molecular weight is 400 g/mol. The molecule has 0 saturated heterocycles. The van der Waals surface area contributed by atoms with Gasteiger partial charge in [-0.05, 0) is 58.3 Å². The highest BCUT2D eigenvalue weighted by Gasteiger charge is 2.11. The van der Waals surface area contributed by atoms with Crippen molar-refractivity contribution in [2.24, 2.45) is 0 Å². The van der Waals surface area contributed by atoms with Gasteiger partial charge in [0.05, 0.1) is 5.02 Å². The van der Waals surface area contributed by atoms with Gasteiger partial charge in [0, 0.05) is 14.8 Å². The summed E-state index contributed by atoms with van der Waals surface area (Å²) in [6, 6.07) is 13.2. The van der Waals surface area contributed by atoms with Gasteiger partial charge in [0.2, 0.25) is 0 Å². The van der Waals surface area contributed by atoms with Crippen molar-refractivity contribution < 1.29 is 4.79 Å². The molecule has 2 aromatic carbocycles. The first-order valence-electron chi connectivity index (χ1n) is 6.34. The van der Waals surface area contributed by atoms with Crippen molar-refractivity contribution in [3.8, 4) is 0 Å². The highest BCUT2D eigenvalue weighted by Crippen LogP contribution is 2.25. The molecule has 0 aliphatic rings. The maximum atomic E-state index is 12.3. The van der Waals surface area contributed by atoms with E-state index in [1.165, 1.54) is 0 Å². The monoisotopic (exact) mass is 399 g/mol. The van der Waals surface area contributed by atoms with E-state index in [2.05, 4.69) is 41.8 Å². The minimum Gasteiger partial charge on any atom is -0.322 e. The molecule has 2 nitrogen and oxygen atoms in total. The number of benzene rings is 2. The Hall–Kier alpha value is -1.07. The van der Waals surface area contributed by atoms with E-state index in [4.69, 9.17) is 11.6 Å². The van der Waals surface area contributed by atoms with Gasteiger partial charge in [-0.1, -0.05) is 43.6 Å². The van der Waals surface area contributed by atoms with E-state index in [9.17, 15) is 4.79 Å². The largest absolute Gasteiger partial charge is 0.322 e. The lowest BCUT2D eigenvalue weighted by Crippen LogP contribution is -2.13. The van der Waals surface area contributed by atoms with Gasteiger partial charge in [-0.15, -0.1) is 0 Å².